The predicted octanol–water partition coefficient (Wildman–Crippen LogP) is 2.13. The Morgan fingerprint density at radius 3 is 2.65 bits per heavy atom. The van der Waals surface area contributed by atoms with Crippen molar-refractivity contribution in [3.05, 3.63) is 66.1 Å². The van der Waals surface area contributed by atoms with E-state index < -0.39 is 0 Å². The Morgan fingerprint density at radius 1 is 0.941 bits per heavy atom. The minimum Gasteiger partial charge on any atom is -0.236 e. The summed E-state index contributed by atoms with van der Waals surface area (Å²) in [6.45, 7) is 0. The van der Waals surface area contributed by atoms with Crippen molar-refractivity contribution in [2.45, 2.75) is 0 Å². The molecule has 2 heterocycles. The monoisotopic (exact) mass is 219 g/mol. The molecule has 1 aromatic carbocycles. The van der Waals surface area contributed by atoms with E-state index in [0.29, 0.717) is 0 Å². The average Bonchev–Trinajstić information content (AvgIpc) is 2.85. The zero-order valence-corrected chi connectivity index (χ0v) is 9.04. The van der Waals surface area contributed by atoms with E-state index in [4.69, 9.17) is 0 Å². The second-order valence-corrected chi connectivity index (χ2v) is 3.59. The van der Waals surface area contributed by atoms with Gasteiger partial charge in [-0.05, 0) is 12.1 Å². The van der Waals surface area contributed by atoms with Crippen LogP contribution in [0.3, 0.4) is 0 Å². The van der Waals surface area contributed by atoms with Gasteiger partial charge in [0.25, 0.3) is 0 Å². The van der Waals surface area contributed by atoms with Crippen LogP contribution in [0.25, 0.3) is 5.65 Å². The van der Waals surface area contributed by atoms with Gasteiger partial charge in [-0.1, -0.05) is 30.0 Å². The van der Waals surface area contributed by atoms with Crippen LogP contribution >= 0.6 is 0 Å². The fraction of sp³-hybridized carbons (Fsp3) is 0. The molecule has 3 nitrogen and oxygen atoms in total. The van der Waals surface area contributed by atoms with Gasteiger partial charge >= 0.3 is 0 Å². The lowest BCUT2D eigenvalue weighted by Crippen LogP contribution is -1.90. The summed E-state index contributed by atoms with van der Waals surface area (Å²) >= 11 is 0. The lowest BCUT2D eigenvalue weighted by Gasteiger charge is -1.93. The molecule has 0 aliphatic carbocycles. The summed E-state index contributed by atoms with van der Waals surface area (Å²) < 4.78 is 1.72. The Balaban J connectivity index is 1.97. The topological polar surface area (TPSA) is 30.2 Å². The summed E-state index contributed by atoms with van der Waals surface area (Å²) in [7, 11) is 0. The lowest BCUT2D eigenvalue weighted by atomic mass is 10.2. The van der Waals surface area contributed by atoms with Crippen LogP contribution < -0.4 is 0 Å². The minimum absolute atomic E-state index is 0.829. The largest absolute Gasteiger partial charge is 0.236 e. The quantitative estimate of drug-likeness (QED) is 0.542. The zero-order chi connectivity index (χ0) is 11.5. The van der Waals surface area contributed by atoms with Gasteiger partial charge in [0.2, 0.25) is 0 Å². The first-order valence-corrected chi connectivity index (χ1v) is 5.28. The van der Waals surface area contributed by atoms with Crippen molar-refractivity contribution < 1.29 is 0 Å². The molecule has 0 bridgehead atoms. The summed E-state index contributed by atoms with van der Waals surface area (Å²) in [5, 5.41) is 4.12. The van der Waals surface area contributed by atoms with Gasteiger partial charge in [0.1, 0.15) is 0 Å². The summed E-state index contributed by atoms with van der Waals surface area (Å²) in [6, 6.07) is 11.7. The van der Waals surface area contributed by atoms with Gasteiger partial charge in [-0.15, -0.1) is 0 Å². The number of hydrogen-bond donors (Lipinski definition) is 0. The Labute approximate surface area is 98.7 Å². The fourth-order valence-corrected chi connectivity index (χ4v) is 1.54. The molecule has 0 aliphatic rings. The lowest BCUT2D eigenvalue weighted by molar-refractivity contribution is 0.935. The molecule has 80 valence electrons. The maximum atomic E-state index is 4.25. The summed E-state index contributed by atoms with van der Waals surface area (Å²) in [4.78, 5) is 4.25. The van der Waals surface area contributed by atoms with Crippen molar-refractivity contribution in [2.24, 2.45) is 0 Å². The van der Waals surface area contributed by atoms with Gasteiger partial charge in [-0.3, -0.25) is 0 Å². The maximum absolute atomic E-state index is 4.25. The van der Waals surface area contributed by atoms with Gasteiger partial charge in [-0.2, -0.15) is 5.10 Å². The first-order valence-electron chi connectivity index (χ1n) is 5.28. The van der Waals surface area contributed by atoms with Crippen molar-refractivity contribution in [3.8, 4) is 11.8 Å². The SMILES string of the molecule is C(#Cc1cnc2ccnn2c1)c1ccccc1. The van der Waals surface area contributed by atoms with E-state index in [0.717, 1.165) is 16.8 Å². The third kappa shape index (κ3) is 2.01. The zero-order valence-electron chi connectivity index (χ0n) is 9.04. The van der Waals surface area contributed by atoms with Crippen LogP contribution in [0.15, 0.2) is 55.0 Å². The highest BCUT2D eigenvalue weighted by molar-refractivity contribution is 5.44. The van der Waals surface area contributed by atoms with Crippen LogP contribution in [0.1, 0.15) is 11.1 Å². The smallest absolute Gasteiger partial charge is 0.154 e. The molecule has 0 aliphatic heterocycles. The summed E-state index contributed by atoms with van der Waals surface area (Å²) in [5.41, 5.74) is 2.67. The van der Waals surface area contributed by atoms with Crippen molar-refractivity contribution >= 4 is 5.65 Å². The number of rotatable bonds is 0. The molecule has 0 saturated carbocycles. The molecule has 0 N–H and O–H groups in total. The van der Waals surface area contributed by atoms with Crippen LogP contribution in [0, 0.1) is 11.8 Å². The highest BCUT2D eigenvalue weighted by Gasteiger charge is 1.94. The number of aromatic nitrogens is 3. The molecule has 3 heteroatoms. The Kier molecular flexibility index (Phi) is 2.32. The molecule has 2 aromatic heterocycles. The third-order valence-corrected chi connectivity index (χ3v) is 2.37. The molecule has 0 amide bonds. The van der Waals surface area contributed by atoms with Crippen LogP contribution in [0.2, 0.25) is 0 Å². The van der Waals surface area contributed by atoms with E-state index in [-0.39, 0.29) is 0 Å². The molecule has 3 rings (SSSR count). The molecular formula is C14H9N3. The molecule has 0 radical (unpaired) electrons. The highest BCUT2D eigenvalue weighted by Crippen LogP contribution is 2.01. The van der Waals surface area contributed by atoms with Gasteiger partial charge in [0.05, 0.1) is 11.8 Å². The first-order chi connectivity index (χ1) is 8.42. The molecule has 17 heavy (non-hydrogen) atoms. The normalized spacial score (nSPS) is 9.88. The third-order valence-electron chi connectivity index (χ3n) is 2.37. The van der Waals surface area contributed by atoms with Crippen molar-refractivity contribution in [2.75, 3.05) is 0 Å². The molecule has 0 saturated heterocycles. The fourth-order valence-electron chi connectivity index (χ4n) is 1.54. The molecular weight excluding hydrogens is 210 g/mol. The second kappa shape index (κ2) is 4.11. The standard InChI is InChI=1S/C14H9N3/c1-2-4-12(5-3-1)6-7-13-10-15-14-8-9-16-17(14)11-13/h1-5,8-11H. The molecule has 3 aromatic rings. The molecule has 0 unspecified atom stereocenters. The van der Waals surface area contributed by atoms with Gasteiger partial charge in [0, 0.05) is 24.0 Å². The van der Waals surface area contributed by atoms with E-state index in [1.807, 2.05) is 42.6 Å². The molecule has 0 spiro atoms. The van der Waals surface area contributed by atoms with Gasteiger partial charge in [0.15, 0.2) is 5.65 Å². The van der Waals surface area contributed by atoms with Crippen LogP contribution in [0.5, 0.6) is 0 Å². The first kappa shape index (κ1) is 9.61. The van der Waals surface area contributed by atoms with Crippen molar-refractivity contribution in [1.29, 1.82) is 0 Å². The van der Waals surface area contributed by atoms with E-state index in [2.05, 4.69) is 21.9 Å². The highest BCUT2D eigenvalue weighted by atomic mass is 15.2. The Morgan fingerprint density at radius 2 is 1.76 bits per heavy atom. The Bertz CT molecular complexity index is 702. The molecule has 0 atom stereocenters. The van der Waals surface area contributed by atoms with Crippen molar-refractivity contribution in [1.82, 2.24) is 14.6 Å². The molecule has 0 fully saturated rings. The van der Waals surface area contributed by atoms with E-state index in [9.17, 15) is 0 Å². The minimum atomic E-state index is 0.829. The van der Waals surface area contributed by atoms with Gasteiger partial charge in [-0.25, -0.2) is 9.50 Å². The number of nitrogens with zero attached hydrogens (tertiary/aromatic N) is 3. The van der Waals surface area contributed by atoms with Gasteiger partial charge < -0.3 is 0 Å². The van der Waals surface area contributed by atoms with Crippen LogP contribution in [-0.4, -0.2) is 14.6 Å². The second-order valence-electron chi connectivity index (χ2n) is 3.59. The summed E-state index contributed by atoms with van der Waals surface area (Å²) in [5.74, 6) is 6.16. The Hall–Kier alpha value is -2.60. The number of fused-ring (bicyclic) bond motifs is 1. The predicted molar refractivity (Wildman–Crippen MR) is 65.4 cm³/mol. The average molecular weight is 219 g/mol. The maximum Gasteiger partial charge on any atom is 0.154 e. The number of hydrogen-bond acceptors (Lipinski definition) is 2. The van der Waals surface area contributed by atoms with Crippen molar-refractivity contribution in [3.63, 3.8) is 0 Å². The van der Waals surface area contributed by atoms with Crippen LogP contribution in [0.4, 0.5) is 0 Å². The van der Waals surface area contributed by atoms with E-state index in [1.165, 1.54) is 0 Å². The van der Waals surface area contributed by atoms with E-state index in [1.54, 1.807) is 16.9 Å². The van der Waals surface area contributed by atoms with Crippen LogP contribution in [-0.2, 0) is 0 Å². The summed E-state index contributed by atoms with van der Waals surface area (Å²) in [6.07, 6.45) is 5.35. The number of benzene rings is 1. The van der Waals surface area contributed by atoms with E-state index >= 15 is 0 Å².